The smallest absolute Gasteiger partial charge is 0.235 e. The highest BCUT2D eigenvalue weighted by atomic mass is 16.7. The molecule has 0 fully saturated rings. The van der Waals surface area contributed by atoms with Crippen molar-refractivity contribution in [3.63, 3.8) is 0 Å². The molecule has 2 N–H and O–H groups in total. The van der Waals surface area contributed by atoms with Gasteiger partial charge in [-0.2, -0.15) is 0 Å². The number of hydrogen-bond donors (Lipinski definition) is 2. The van der Waals surface area contributed by atoms with Gasteiger partial charge in [-0.1, -0.05) is 6.07 Å². The molecular formula is C20H24N6O2. The average molecular weight is 380 g/mol. The molecule has 1 atom stereocenters. The molecule has 0 saturated heterocycles. The monoisotopic (exact) mass is 380 g/mol. The fourth-order valence-electron chi connectivity index (χ4n) is 3.06. The van der Waals surface area contributed by atoms with E-state index < -0.39 is 0 Å². The lowest BCUT2D eigenvalue weighted by atomic mass is 10.2. The second kappa shape index (κ2) is 8.37. The Bertz CT molecular complexity index is 928. The van der Waals surface area contributed by atoms with Crippen LogP contribution in [0, 0.1) is 6.92 Å². The number of hydrogen-bond acceptors (Lipinski definition) is 7. The molecule has 1 aromatic carbocycles. The van der Waals surface area contributed by atoms with Crippen LogP contribution in [0.15, 0.2) is 43.0 Å². The van der Waals surface area contributed by atoms with Crippen LogP contribution in [0.3, 0.4) is 0 Å². The van der Waals surface area contributed by atoms with Gasteiger partial charge in [0.15, 0.2) is 11.5 Å². The Morgan fingerprint density at radius 2 is 2.04 bits per heavy atom. The minimum absolute atomic E-state index is 0.122. The summed E-state index contributed by atoms with van der Waals surface area (Å²) in [6.45, 7) is 6.85. The minimum Gasteiger partial charge on any atom is -0.454 e. The minimum atomic E-state index is 0.122. The van der Waals surface area contributed by atoms with Crippen LogP contribution in [0.2, 0.25) is 0 Å². The van der Waals surface area contributed by atoms with Crippen molar-refractivity contribution in [2.24, 2.45) is 0 Å². The summed E-state index contributed by atoms with van der Waals surface area (Å²) in [7, 11) is 0. The number of fused-ring (bicyclic) bond motifs is 1. The van der Waals surface area contributed by atoms with Gasteiger partial charge in [-0.05, 0) is 37.6 Å². The lowest BCUT2D eigenvalue weighted by Crippen LogP contribution is -2.29. The standard InChI is InChI=1S/C20H24N6O2/c1-14-9-17(25-20(24-14)26-8-7-22-12-26)15(2)23-6-5-21-11-16-3-4-18-19(10-16)28-13-27-18/h3-4,7-10,12,15,21,23H,5-6,11,13H2,1-2H3. The van der Waals surface area contributed by atoms with Gasteiger partial charge in [-0.25, -0.2) is 15.0 Å². The Hall–Kier alpha value is -2.97. The Balaban J connectivity index is 1.26. The van der Waals surface area contributed by atoms with E-state index in [1.54, 1.807) is 12.5 Å². The third kappa shape index (κ3) is 4.29. The van der Waals surface area contributed by atoms with E-state index in [0.29, 0.717) is 12.7 Å². The molecule has 4 rings (SSSR count). The maximum atomic E-state index is 5.41. The molecule has 3 aromatic rings. The van der Waals surface area contributed by atoms with Crippen molar-refractivity contribution in [3.8, 4) is 17.4 Å². The van der Waals surface area contributed by atoms with Gasteiger partial charge >= 0.3 is 0 Å². The highest BCUT2D eigenvalue weighted by Crippen LogP contribution is 2.32. The Labute approximate surface area is 163 Å². The van der Waals surface area contributed by atoms with Gasteiger partial charge in [0.2, 0.25) is 12.7 Å². The van der Waals surface area contributed by atoms with Crippen LogP contribution >= 0.6 is 0 Å². The van der Waals surface area contributed by atoms with Crippen LogP contribution in [0.25, 0.3) is 5.95 Å². The van der Waals surface area contributed by atoms with Gasteiger partial charge in [0.25, 0.3) is 0 Å². The van der Waals surface area contributed by atoms with Crippen molar-refractivity contribution >= 4 is 0 Å². The van der Waals surface area contributed by atoms with Crippen molar-refractivity contribution < 1.29 is 9.47 Å². The average Bonchev–Trinajstić information content (AvgIpc) is 3.38. The predicted octanol–water partition coefficient (Wildman–Crippen LogP) is 2.14. The normalized spacial score (nSPS) is 13.6. The van der Waals surface area contributed by atoms with Crippen LogP contribution in [0.1, 0.15) is 29.9 Å². The summed E-state index contributed by atoms with van der Waals surface area (Å²) in [6.07, 6.45) is 5.27. The van der Waals surface area contributed by atoms with E-state index >= 15 is 0 Å². The molecule has 8 nitrogen and oxygen atoms in total. The fraction of sp³-hybridized carbons (Fsp3) is 0.350. The zero-order chi connectivity index (χ0) is 19.3. The first kappa shape index (κ1) is 18.4. The number of benzene rings is 1. The fourth-order valence-corrected chi connectivity index (χ4v) is 3.06. The lowest BCUT2D eigenvalue weighted by Gasteiger charge is -2.15. The van der Waals surface area contributed by atoms with Crippen molar-refractivity contribution in [2.75, 3.05) is 19.9 Å². The second-order valence-electron chi connectivity index (χ2n) is 6.74. The third-order valence-electron chi connectivity index (χ3n) is 4.56. The zero-order valence-electron chi connectivity index (χ0n) is 16.1. The van der Waals surface area contributed by atoms with Gasteiger partial charge in [-0.3, -0.25) is 4.57 Å². The van der Waals surface area contributed by atoms with Gasteiger partial charge in [-0.15, -0.1) is 0 Å². The quantitative estimate of drug-likeness (QED) is 0.579. The number of imidazole rings is 1. The molecule has 0 amide bonds. The van der Waals surface area contributed by atoms with E-state index in [1.165, 1.54) is 5.56 Å². The van der Waals surface area contributed by atoms with Crippen LogP contribution < -0.4 is 20.1 Å². The molecule has 28 heavy (non-hydrogen) atoms. The number of nitrogens with one attached hydrogen (secondary N) is 2. The summed E-state index contributed by atoms with van der Waals surface area (Å²) < 4.78 is 12.6. The molecule has 1 aliphatic heterocycles. The van der Waals surface area contributed by atoms with E-state index in [2.05, 4.69) is 38.6 Å². The highest BCUT2D eigenvalue weighted by molar-refractivity contribution is 5.44. The summed E-state index contributed by atoms with van der Waals surface area (Å²) in [5, 5.41) is 6.95. The zero-order valence-corrected chi connectivity index (χ0v) is 16.1. The van der Waals surface area contributed by atoms with E-state index in [4.69, 9.17) is 9.47 Å². The highest BCUT2D eigenvalue weighted by Gasteiger charge is 2.13. The van der Waals surface area contributed by atoms with Crippen molar-refractivity contribution in [1.29, 1.82) is 0 Å². The van der Waals surface area contributed by atoms with Gasteiger partial charge in [0.1, 0.15) is 6.33 Å². The van der Waals surface area contributed by atoms with E-state index in [9.17, 15) is 0 Å². The van der Waals surface area contributed by atoms with Crippen molar-refractivity contribution in [3.05, 3.63) is 59.9 Å². The van der Waals surface area contributed by atoms with Crippen molar-refractivity contribution in [2.45, 2.75) is 26.4 Å². The van der Waals surface area contributed by atoms with Crippen LogP contribution in [0.4, 0.5) is 0 Å². The molecule has 3 heterocycles. The first-order valence-corrected chi connectivity index (χ1v) is 9.35. The molecule has 0 spiro atoms. The number of rotatable bonds is 8. The maximum absolute atomic E-state index is 5.41. The summed E-state index contributed by atoms with van der Waals surface area (Å²) in [6, 6.07) is 8.16. The largest absolute Gasteiger partial charge is 0.454 e. The van der Waals surface area contributed by atoms with Gasteiger partial charge in [0, 0.05) is 43.8 Å². The van der Waals surface area contributed by atoms with Gasteiger partial charge < -0.3 is 20.1 Å². The van der Waals surface area contributed by atoms with Crippen LogP contribution in [0.5, 0.6) is 11.5 Å². The van der Waals surface area contributed by atoms with Crippen LogP contribution in [-0.2, 0) is 6.54 Å². The molecule has 2 aromatic heterocycles. The molecule has 0 bridgehead atoms. The number of ether oxygens (including phenoxy) is 2. The lowest BCUT2D eigenvalue weighted by molar-refractivity contribution is 0.174. The summed E-state index contributed by atoms with van der Waals surface area (Å²) in [5.74, 6) is 2.27. The first-order chi connectivity index (χ1) is 13.7. The molecule has 1 aliphatic rings. The topological polar surface area (TPSA) is 86.1 Å². The molecular weight excluding hydrogens is 356 g/mol. The second-order valence-corrected chi connectivity index (χ2v) is 6.74. The molecule has 1 unspecified atom stereocenters. The van der Waals surface area contributed by atoms with Crippen LogP contribution in [-0.4, -0.2) is 39.4 Å². The van der Waals surface area contributed by atoms with Gasteiger partial charge in [0.05, 0.1) is 5.69 Å². The summed E-state index contributed by atoms with van der Waals surface area (Å²) in [5.41, 5.74) is 3.07. The summed E-state index contributed by atoms with van der Waals surface area (Å²) >= 11 is 0. The Kier molecular flexibility index (Phi) is 5.50. The number of aromatic nitrogens is 4. The maximum Gasteiger partial charge on any atom is 0.235 e. The van der Waals surface area contributed by atoms with E-state index in [0.717, 1.165) is 42.5 Å². The van der Waals surface area contributed by atoms with E-state index in [1.807, 2.05) is 35.9 Å². The Morgan fingerprint density at radius 1 is 1.14 bits per heavy atom. The first-order valence-electron chi connectivity index (χ1n) is 9.35. The third-order valence-corrected chi connectivity index (χ3v) is 4.56. The Morgan fingerprint density at radius 3 is 2.89 bits per heavy atom. The number of aryl methyl sites for hydroxylation is 1. The predicted molar refractivity (Wildman–Crippen MR) is 105 cm³/mol. The molecule has 146 valence electrons. The summed E-state index contributed by atoms with van der Waals surface area (Å²) in [4.78, 5) is 13.2. The number of nitrogens with zero attached hydrogens (tertiary/aromatic N) is 4. The molecule has 8 heteroatoms. The molecule has 0 saturated carbocycles. The molecule has 0 aliphatic carbocycles. The SMILES string of the molecule is Cc1cc(C(C)NCCNCc2ccc3c(c2)OCO3)nc(-n2ccnc2)n1. The molecule has 0 radical (unpaired) electrons. The van der Waals surface area contributed by atoms with Crippen molar-refractivity contribution in [1.82, 2.24) is 30.2 Å². The van der Waals surface area contributed by atoms with E-state index in [-0.39, 0.29) is 6.04 Å².